The van der Waals surface area contributed by atoms with Crippen LogP contribution in [0.15, 0.2) is 54.6 Å². The summed E-state index contributed by atoms with van der Waals surface area (Å²) in [6, 6.07) is 16.1. The van der Waals surface area contributed by atoms with Crippen molar-refractivity contribution >= 4 is 40.5 Å². The fourth-order valence-electron chi connectivity index (χ4n) is 2.32. The van der Waals surface area contributed by atoms with Crippen molar-refractivity contribution in [1.82, 2.24) is 4.98 Å². The van der Waals surface area contributed by atoms with Gasteiger partial charge in [0.05, 0.1) is 10.7 Å². The van der Waals surface area contributed by atoms with Gasteiger partial charge in [0, 0.05) is 16.3 Å². The highest BCUT2D eigenvalue weighted by molar-refractivity contribution is 7.14. The number of carbonyl (C=O) groups is 2. The molecule has 0 spiro atoms. The first-order chi connectivity index (χ1) is 12.5. The van der Waals surface area contributed by atoms with Crippen LogP contribution in [0.1, 0.15) is 14.7 Å². The number of nitrogens with zero attached hydrogens (tertiary/aromatic N) is 1. The molecule has 2 aromatic carbocycles. The Morgan fingerprint density at radius 1 is 1.15 bits per heavy atom. The van der Waals surface area contributed by atoms with E-state index >= 15 is 0 Å². The number of thiazole rings is 1. The van der Waals surface area contributed by atoms with E-state index < -0.39 is 18.5 Å². The molecule has 0 unspecified atom stereocenters. The van der Waals surface area contributed by atoms with E-state index in [0.717, 1.165) is 10.6 Å². The number of hydrogen-bond donors (Lipinski definition) is 1. The molecule has 1 amide bonds. The van der Waals surface area contributed by atoms with E-state index in [1.165, 1.54) is 11.3 Å². The van der Waals surface area contributed by atoms with Crippen molar-refractivity contribution in [1.29, 1.82) is 0 Å². The minimum atomic E-state index is -0.573. The standard InChI is InChI=1S/C19H15ClN2O3S/c1-12-21-17(13-6-3-2-4-7-13)18(26-12)19(24)25-11-16(23)22-15-9-5-8-14(20)10-15/h2-10H,11H2,1H3,(H,22,23). The van der Waals surface area contributed by atoms with Crippen molar-refractivity contribution < 1.29 is 14.3 Å². The minimum Gasteiger partial charge on any atom is -0.451 e. The zero-order valence-electron chi connectivity index (χ0n) is 13.9. The number of carbonyl (C=O) groups excluding carboxylic acids is 2. The highest BCUT2D eigenvalue weighted by Gasteiger charge is 2.20. The number of aryl methyl sites for hydroxylation is 1. The van der Waals surface area contributed by atoms with Gasteiger partial charge in [-0.05, 0) is 25.1 Å². The second-order valence-electron chi connectivity index (χ2n) is 5.41. The molecule has 3 aromatic rings. The van der Waals surface area contributed by atoms with Crippen LogP contribution < -0.4 is 5.32 Å². The highest BCUT2D eigenvalue weighted by Crippen LogP contribution is 2.28. The zero-order chi connectivity index (χ0) is 18.5. The summed E-state index contributed by atoms with van der Waals surface area (Å²) in [6.45, 7) is 1.43. The first kappa shape index (κ1) is 18.1. The van der Waals surface area contributed by atoms with E-state index in [1.54, 1.807) is 24.3 Å². The number of halogens is 1. The Balaban J connectivity index is 1.66. The van der Waals surface area contributed by atoms with Crippen LogP contribution in [0.2, 0.25) is 5.02 Å². The van der Waals surface area contributed by atoms with Crippen LogP contribution in [-0.2, 0) is 9.53 Å². The quantitative estimate of drug-likeness (QED) is 0.652. The molecule has 1 N–H and O–H groups in total. The Morgan fingerprint density at radius 3 is 2.65 bits per heavy atom. The normalized spacial score (nSPS) is 10.4. The Kier molecular flexibility index (Phi) is 5.65. The van der Waals surface area contributed by atoms with Gasteiger partial charge in [0.25, 0.3) is 5.91 Å². The van der Waals surface area contributed by atoms with E-state index in [0.29, 0.717) is 21.3 Å². The molecule has 0 bridgehead atoms. The largest absolute Gasteiger partial charge is 0.451 e. The lowest BCUT2D eigenvalue weighted by molar-refractivity contribution is -0.119. The van der Waals surface area contributed by atoms with Crippen LogP contribution in [0.5, 0.6) is 0 Å². The highest BCUT2D eigenvalue weighted by atomic mass is 35.5. The van der Waals surface area contributed by atoms with Crippen LogP contribution in [0.3, 0.4) is 0 Å². The van der Waals surface area contributed by atoms with Crippen LogP contribution in [0.4, 0.5) is 5.69 Å². The molecule has 0 aliphatic heterocycles. The third-order valence-corrected chi connectivity index (χ3v) is 4.60. The maximum Gasteiger partial charge on any atom is 0.351 e. The summed E-state index contributed by atoms with van der Waals surface area (Å²) < 4.78 is 5.15. The maximum absolute atomic E-state index is 12.4. The Labute approximate surface area is 159 Å². The number of hydrogen-bond acceptors (Lipinski definition) is 5. The smallest absolute Gasteiger partial charge is 0.351 e. The molecule has 132 valence electrons. The van der Waals surface area contributed by atoms with Gasteiger partial charge in [0.15, 0.2) is 6.61 Å². The summed E-state index contributed by atoms with van der Waals surface area (Å²) in [5, 5.41) is 3.88. The molecule has 0 saturated carbocycles. The molecule has 0 saturated heterocycles. The molecule has 26 heavy (non-hydrogen) atoms. The number of ether oxygens (including phenoxy) is 1. The van der Waals surface area contributed by atoms with Gasteiger partial charge in [-0.3, -0.25) is 4.79 Å². The Hall–Kier alpha value is -2.70. The minimum absolute atomic E-state index is 0.379. The summed E-state index contributed by atoms with van der Waals surface area (Å²) in [6.07, 6.45) is 0. The van der Waals surface area contributed by atoms with Gasteiger partial charge in [0.1, 0.15) is 4.88 Å². The SMILES string of the molecule is Cc1nc(-c2ccccc2)c(C(=O)OCC(=O)Nc2cccc(Cl)c2)s1. The third kappa shape index (κ3) is 4.47. The van der Waals surface area contributed by atoms with Gasteiger partial charge in [-0.1, -0.05) is 48.0 Å². The van der Waals surface area contributed by atoms with Crippen LogP contribution in [-0.4, -0.2) is 23.5 Å². The molecule has 7 heteroatoms. The number of benzene rings is 2. The lowest BCUT2D eigenvalue weighted by atomic mass is 10.1. The Bertz CT molecular complexity index is 941. The first-order valence-corrected chi connectivity index (χ1v) is 8.98. The van der Waals surface area contributed by atoms with E-state index in [2.05, 4.69) is 10.3 Å². The summed E-state index contributed by atoms with van der Waals surface area (Å²) in [7, 11) is 0. The van der Waals surface area contributed by atoms with Crippen LogP contribution in [0.25, 0.3) is 11.3 Å². The van der Waals surface area contributed by atoms with E-state index in [4.69, 9.17) is 16.3 Å². The molecule has 0 aliphatic carbocycles. The van der Waals surface area contributed by atoms with Crippen molar-refractivity contribution in [2.45, 2.75) is 6.92 Å². The molecular formula is C19H15ClN2O3S. The molecule has 3 rings (SSSR count). The van der Waals surface area contributed by atoms with Crippen molar-refractivity contribution in [2.75, 3.05) is 11.9 Å². The van der Waals surface area contributed by atoms with Gasteiger partial charge in [-0.15, -0.1) is 11.3 Å². The molecular weight excluding hydrogens is 372 g/mol. The van der Waals surface area contributed by atoms with Gasteiger partial charge < -0.3 is 10.1 Å². The van der Waals surface area contributed by atoms with Gasteiger partial charge in [-0.25, -0.2) is 9.78 Å². The van der Waals surface area contributed by atoms with Gasteiger partial charge in [0.2, 0.25) is 0 Å². The summed E-state index contributed by atoms with van der Waals surface area (Å²) >= 11 is 7.11. The van der Waals surface area contributed by atoms with Crippen molar-refractivity contribution in [3.05, 3.63) is 69.5 Å². The molecule has 1 heterocycles. The summed E-state index contributed by atoms with van der Waals surface area (Å²) in [5.41, 5.74) is 1.93. The lowest BCUT2D eigenvalue weighted by Gasteiger charge is -2.07. The molecule has 5 nitrogen and oxygen atoms in total. The maximum atomic E-state index is 12.4. The zero-order valence-corrected chi connectivity index (χ0v) is 15.4. The lowest BCUT2D eigenvalue weighted by Crippen LogP contribution is -2.20. The number of aromatic nitrogens is 1. The van der Waals surface area contributed by atoms with Crippen molar-refractivity contribution in [3.63, 3.8) is 0 Å². The average molecular weight is 387 g/mol. The average Bonchev–Trinajstić information content (AvgIpc) is 3.02. The van der Waals surface area contributed by atoms with Crippen molar-refractivity contribution in [3.8, 4) is 11.3 Å². The van der Waals surface area contributed by atoms with E-state index in [1.807, 2.05) is 37.3 Å². The third-order valence-electron chi connectivity index (χ3n) is 3.41. The monoisotopic (exact) mass is 386 g/mol. The number of anilines is 1. The number of nitrogens with one attached hydrogen (secondary N) is 1. The fourth-order valence-corrected chi connectivity index (χ4v) is 3.34. The summed E-state index contributed by atoms with van der Waals surface area (Å²) in [4.78, 5) is 29.2. The second kappa shape index (κ2) is 8.12. The number of rotatable bonds is 5. The molecule has 0 aliphatic rings. The number of esters is 1. The first-order valence-electron chi connectivity index (χ1n) is 7.78. The summed E-state index contributed by atoms with van der Waals surface area (Å²) in [5.74, 6) is -1.01. The molecule has 0 radical (unpaired) electrons. The van der Waals surface area contributed by atoms with Gasteiger partial charge in [-0.2, -0.15) is 0 Å². The van der Waals surface area contributed by atoms with E-state index in [-0.39, 0.29) is 0 Å². The second-order valence-corrected chi connectivity index (χ2v) is 7.05. The van der Waals surface area contributed by atoms with Gasteiger partial charge >= 0.3 is 5.97 Å². The van der Waals surface area contributed by atoms with Crippen LogP contribution in [0, 0.1) is 6.92 Å². The number of amides is 1. The molecule has 0 atom stereocenters. The Morgan fingerprint density at radius 2 is 1.92 bits per heavy atom. The van der Waals surface area contributed by atoms with E-state index in [9.17, 15) is 9.59 Å². The predicted molar refractivity (Wildman–Crippen MR) is 103 cm³/mol. The van der Waals surface area contributed by atoms with Crippen molar-refractivity contribution in [2.24, 2.45) is 0 Å². The molecule has 0 fully saturated rings. The molecule has 1 aromatic heterocycles. The topological polar surface area (TPSA) is 68.3 Å². The van der Waals surface area contributed by atoms with Crippen LogP contribution >= 0.6 is 22.9 Å². The predicted octanol–water partition coefficient (Wildman–Crippen LogP) is 4.57. The fraction of sp³-hybridized carbons (Fsp3) is 0.105.